The van der Waals surface area contributed by atoms with Gasteiger partial charge in [0.1, 0.15) is 5.69 Å². The molecule has 3 heteroatoms. The lowest BCUT2D eigenvalue weighted by Gasteiger charge is -2.12. The van der Waals surface area contributed by atoms with Crippen LogP contribution in [-0.2, 0) is 6.54 Å². The van der Waals surface area contributed by atoms with Crippen molar-refractivity contribution >= 4 is 22.5 Å². The highest BCUT2D eigenvalue weighted by Crippen LogP contribution is 2.28. The molecule has 1 heterocycles. The minimum atomic E-state index is -0.172. The molecule has 0 saturated heterocycles. The molecule has 0 aliphatic heterocycles. The number of anilines is 1. The molecule has 1 amide bonds. The Hall–Kier alpha value is -4.55. The summed E-state index contributed by atoms with van der Waals surface area (Å²) in [7, 11) is 0. The van der Waals surface area contributed by atoms with E-state index in [1.807, 2.05) is 91.9 Å². The maximum Gasteiger partial charge on any atom is 0.273 e. The molecular formula is C32H26N2O. The number of nitrogens with zero attached hydrogens (tertiary/aromatic N) is 1. The van der Waals surface area contributed by atoms with Crippen molar-refractivity contribution in [3.05, 3.63) is 137 Å². The van der Waals surface area contributed by atoms with Crippen LogP contribution in [0.3, 0.4) is 0 Å². The first kappa shape index (κ1) is 22.3. The van der Waals surface area contributed by atoms with Crippen molar-refractivity contribution in [2.45, 2.75) is 20.4 Å². The second kappa shape index (κ2) is 9.75. The normalized spacial score (nSPS) is 10.6. The number of para-hydroxylation sites is 1. The van der Waals surface area contributed by atoms with E-state index in [2.05, 4.69) is 46.8 Å². The van der Waals surface area contributed by atoms with Crippen molar-refractivity contribution < 1.29 is 4.79 Å². The van der Waals surface area contributed by atoms with Gasteiger partial charge in [-0.15, -0.1) is 0 Å². The molecular weight excluding hydrogens is 428 g/mol. The van der Waals surface area contributed by atoms with Gasteiger partial charge in [-0.25, -0.2) is 0 Å². The topological polar surface area (TPSA) is 34.0 Å². The number of carbonyl (C=O) groups excluding carboxylic acids is 1. The van der Waals surface area contributed by atoms with Crippen molar-refractivity contribution in [2.75, 3.05) is 5.32 Å². The molecule has 35 heavy (non-hydrogen) atoms. The van der Waals surface area contributed by atoms with Crippen LogP contribution in [0.2, 0.25) is 0 Å². The lowest BCUT2D eigenvalue weighted by atomic mass is 10.1. The number of amides is 1. The Morgan fingerprint density at radius 3 is 2.09 bits per heavy atom. The summed E-state index contributed by atoms with van der Waals surface area (Å²) < 4.78 is 2.08. The van der Waals surface area contributed by atoms with E-state index in [9.17, 15) is 4.79 Å². The number of aromatic nitrogens is 1. The van der Waals surface area contributed by atoms with Gasteiger partial charge in [-0.3, -0.25) is 4.79 Å². The van der Waals surface area contributed by atoms with Crippen LogP contribution < -0.4 is 5.32 Å². The predicted molar refractivity (Wildman–Crippen MR) is 144 cm³/mol. The molecule has 0 fully saturated rings. The number of benzene rings is 4. The van der Waals surface area contributed by atoms with E-state index in [0.717, 1.165) is 38.8 Å². The Bertz CT molecular complexity index is 1550. The summed E-state index contributed by atoms with van der Waals surface area (Å²) in [6.45, 7) is 4.66. The van der Waals surface area contributed by atoms with Crippen molar-refractivity contribution in [2.24, 2.45) is 0 Å². The van der Waals surface area contributed by atoms with Gasteiger partial charge in [0.25, 0.3) is 5.91 Å². The molecule has 1 N–H and O–H groups in total. The van der Waals surface area contributed by atoms with Crippen LogP contribution in [0.4, 0.5) is 5.69 Å². The van der Waals surface area contributed by atoms with Gasteiger partial charge in [0.05, 0.1) is 11.1 Å². The monoisotopic (exact) mass is 454 g/mol. The number of fused-ring (bicyclic) bond motifs is 1. The number of carbonyl (C=O) groups is 1. The predicted octanol–water partition coefficient (Wildman–Crippen LogP) is 6.96. The van der Waals surface area contributed by atoms with Crippen molar-refractivity contribution in [1.29, 1.82) is 0 Å². The summed E-state index contributed by atoms with van der Waals surface area (Å²) >= 11 is 0. The van der Waals surface area contributed by atoms with Crippen LogP contribution >= 0.6 is 0 Å². The smallest absolute Gasteiger partial charge is 0.273 e. The Labute approximate surface area is 206 Å². The van der Waals surface area contributed by atoms with Crippen LogP contribution in [0.25, 0.3) is 10.9 Å². The molecule has 3 nitrogen and oxygen atoms in total. The quantitative estimate of drug-likeness (QED) is 0.293. The maximum atomic E-state index is 13.8. The molecule has 0 saturated carbocycles. The van der Waals surface area contributed by atoms with Gasteiger partial charge in [0.15, 0.2) is 0 Å². The maximum absolute atomic E-state index is 13.8. The second-order valence-electron chi connectivity index (χ2n) is 8.75. The zero-order valence-corrected chi connectivity index (χ0v) is 19.9. The van der Waals surface area contributed by atoms with Crippen LogP contribution in [0.15, 0.2) is 103 Å². The fourth-order valence-electron chi connectivity index (χ4n) is 4.20. The highest BCUT2D eigenvalue weighted by atomic mass is 16.2. The fourth-order valence-corrected chi connectivity index (χ4v) is 4.20. The molecule has 5 aromatic rings. The number of hydrogen-bond acceptors (Lipinski definition) is 1. The molecule has 170 valence electrons. The van der Waals surface area contributed by atoms with E-state index in [4.69, 9.17) is 0 Å². The Kier molecular flexibility index (Phi) is 6.20. The lowest BCUT2D eigenvalue weighted by Crippen LogP contribution is -2.19. The summed E-state index contributed by atoms with van der Waals surface area (Å²) in [5.41, 5.74) is 7.42. The minimum absolute atomic E-state index is 0.172. The minimum Gasteiger partial charge on any atom is -0.331 e. The highest BCUT2D eigenvalue weighted by molar-refractivity contribution is 6.09. The van der Waals surface area contributed by atoms with Gasteiger partial charge < -0.3 is 9.88 Å². The second-order valence-corrected chi connectivity index (χ2v) is 8.75. The van der Waals surface area contributed by atoms with E-state index < -0.39 is 0 Å². The zero-order valence-electron chi connectivity index (χ0n) is 19.9. The van der Waals surface area contributed by atoms with Crippen LogP contribution in [0.5, 0.6) is 0 Å². The van der Waals surface area contributed by atoms with Crippen molar-refractivity contribution in [3.8, 4) is 11.8 Å². The Morgan fingerprint density at radius 2 is 1.37 bits per heavy atom. The van der Waals surface area contributed by atoms with Crippen molar-refractivity contribution in [3.63, 3.8) is 0 Å². The molecule has 5 rings (SSSR count). The third-order valence-corrected chi connectivity index (χ3v) is 6.06. The summed E-state index contributed by atoms with van der Waals surface area (Å²) in [5, 5.41) is 4.06. The third kappa shape index (κ3) is 4.88. The number of aryl methyl sites for hydroxylation is 2. The lowest BCUT2D eigenvalue weighted by molar-refractivity contribution is 0.101. The number of nitrogens with one attached hydrogen (secondary N) is 1. The largest absolute Gasteiger partial charge is 0.331 e. The molecule has 0 atom stereocenters. The Morgan fingerprint density at radius 1 is 0.743 bits per heavy atom. The first-order valence-corrected chi connectivity index (χ1v) is 11.7. The zero-order chi connectivity index (χ0) is 24.2. The first-order chi connectivity index (χ1) is 17.1. The SMILES string of the molecule is Cc1ccc(C#Cc2c(C(=O)Nc3ccc(C)cc3)n(Cc3ccccc3)c3ccccc23)cc1. The van der Waals surface area contributed by atoms with E-state index >= 15 is 0 Å². The van der Waals surface area contributed by atoms with Gasteiger partial charge in [0.2, 0.25) is 0 Å². The summed E-state index contributed by atoms with van der Waals surface area (Å²) in [4.78, 5) is 13.8. The van der Waals surface area contributed by atoms with E-state index in [-0.39, 0.29) is 5.91 Å². The molecule has 0 bridgehead atoms. The Balaban J connectivity index is 1.67. The van der Waals surface area contributed by atoms with Crippen LogP contribution in [0, 0.1) is 25.7 Å². The molecule has 0 aliphatic rings. The van der Waals surface area contributed by atoms with Gasteiger partial charge in [0, 0.05) is 23.2 Å². The van der Waals surface area contributed by atoms with Gasteiger partial charge in [-0.05, 0) is 49.7 Å². The summed E-state index contributed by atoms with van der Waals surface area (Å²) in [5.74, 6) is 6.45. The summed E-state index contributed by atoms with van der Waals surface area (Å²) in [6.07, 6.45) is 0. The van der Waals surface area contributed by atoms with E-state index in [1.54, 1.807) is 0 Å². The highest BCUT2D eigenvalue weighted by Gasteiger charge is 2.22. The molecule has 4 aromatic carbocycles. The average molecular weight is 455 g/mol. The number of rotatable bonds is 4. The average Bonchev–Trinajstić information content (AvgIpc) is 3.19. The third-order valence-electron chi connectivity index (χ3n) is 6.06. The molecule has 0 spiro atoms. The molecule has 1 aromatic heterocycles. The van der Waals surface area contributed by atoms with E-state index in [0.29, 0.717) is 12.2 Å². The van der Waals surface area contributed by atoms with Gasteiger partial charge >= 0.3 is 0 Å². The van der Waals surface area contributed by atoms with Crippen LogP contribution in [-0.4, -0.2) is 10.5 Å². The number of hydrogen-bond donors (Lipinski definition) is 1. The van der Waals surface area contributed by atoms with Gasteiger partial charge in [-0.2, -0.15) is 0 Å². The molecule has 0 unspecified atom stereocenters. The first-order valence-electron chi connectivity index (χ1n) is 11.7. The molecule has 0 aliphatic carbocycles. The molecule has 0 radical (unpaired) electrons. The van der Waals surface area contributed by atoms with E-state index in [1.165, 1.54) is 5.56 Å². The summed E-state index contributed by atoms with van der Waals surface area (Å²) in [6, 6.07) is 34.2. The van der Waals surface area contributed by atoms with Gasteiger partial charge in [-0.1, -0.05) is 95.8 Å². The van der Waals surface area contributed by atoms with Crippen molar-refractivity contribution in [1.82, 2.24) is 4.57 Å². The van der Waals surface area contributed by atoms with Crippen LogP contribution in [0.1, 0.15) is 38.3 Å². The fraction of sp³-hybridized carbons (Fsp3) is 0.0938. The standard InChI is InChI=1S/C32H26N2O/c1-23-12-16-25(17-13-23)18-21-29-28-10-6-7-11-30(28)34(22-26-8-4-3-5-9-26)31(29)32(35)33-27-19-14-24(2)15-20-27/h3-17,19-20H,22H2,1-2H3,(H,33,35).